The van der Waals surface area contributed by atoms with Crippen molar-refractivity contribution in [2.75, 3.05) is 13.7 Å². The highest BCUT2D eigenvalue weighted by Crippen LogP contribution is 2.76. The molecule has 212 valence electrons. The van der Waals surface area contributed by atoms with Crippen LogP contribution >= 0.6 is 0 Å². The molecule has 0 amide bonds. The Kier molecular flexibility index (Phi) is 7.41. The van der Waals surface area contributed by atoms with Crippen LogP contribution in [0.5, 0.6) is 0 Å². The fourth-order valence-electron chi connectivity index (χ4n) is 11.1. The Balaban J connectivity index is 0.00000156. The molecule has 5 aliphatic rings. The number of methoxy groups -OCH3 is 1. The normalized spacial score (nSPS) is 50.2. The van der Waals surface area contributed by atoms with E-state index in [1.54, 1.807) is 5.57 Å². The Hall–Kier alpha value is -0.800. The SMILES string of the molecule is C=C(O)[C@]12CCC(C)(C)C[C@H]1C1=CC[C@@H]3[C@@]4(C)CC[C@H](OC)[C@@](C)(CO)[C@@H]4CC[C@@]3(C)[C@]1(C)CC2.CC. The van der Waals surface area contributed by atoms with Gasteiger partial charge in [-0.05, 0) is 104 Å². The second-order valence-electron chi connectivity index (χ2n) is 15.2. The number of hydrogen-bond donors (Lipinski definition) is 2. The summed E-state index contributed by atoms with van der Waals surface area (Å²) in [4.78, 5) is 0. The van der Waals surface area contributed by atoms with Crippen LogP contribution in [0.3, 0.4) is 0 Å². The van der Waals surface area contributed by atoms with Crippen LogP contribution < -0.4 is 0 Å². The standard InChI is InChI=1S/C32H52O3.C2H6/c1-21(34)32-17-15-27(2,3)19-23(32)22-9-10-25-28(4)13-12-26(35-8)29(5,20-33)24(28)11-14-31(25,7)30(22,6)16-18-32;1-2/h9,23-26,33-34H,1,10-20H2,2-8H3;1-2H3/t23-,24+,25+,26-,28-,29-,30+,31+,32+;/m0./s1. The van der Waals surface area contributed by atoms with Crippen LogP contribution in [-0.2, 0) is 4.74 Å². The van der Waals surface area contributed by atoms with E-state index < -0.39 is 0 Å². The highest BCUT2D eigenvalue weighted by molar-refractivity contribution is 5.36. The van der Waals surface area contributed by atoms with Gasteiger partial charge in [-0.25, -0.2) is 0 Å². The topological polar surface area (TPSA) is 49.7 Å². The first-order valence-corrected chi connectivity index (χ1v) is 15.5. The van der Waals surface area contributed by atoms with Crippen LogP contribution in [-0.4, -0.2) is 30.0 Å². The maximum absolute atomic E-state index is 11.0. The van der Waals surface area contributed by atoms with Gasteiger partial charge in [0, 0.05) is 17.9 Å². The predicted octanol–water partition coefficient (Wildman–Crippen LogP) is 8.87. The number of hydrogen-bond acceptors (Lipinski definition) is 3. The van der Waals surface area contributed by atoms with Crippen molar-refractivity contribution < 1.29 is 14.9 Å². The molecule has 0 aromatic heterocycles. The van der Waals surface area contributed by atoms with Crippen LogP contribution in [0.1, 0.15) is 120 Å². The van der Waals surface area contributed by atoms with Crippen molar-refractivity contribution in [1.29, 1.82) is 0 Å². The van der Waals surface area contributed by atoms with Crippen molar-refractivity contribution in [3.05, 3.63) is 24.0 Å². The summed E-state index contributed by atoms with van der Waals surface area (Å²) in [6.45, 7) is 23.3. The quantitative estimate of drug-likeness (QED) is 0.292. The van der Waals surface area contributed by atoms with Gasteiger partial charge in [-0.15, -0.1) is 0 Å². The first-order valence-electron chi connectivity index (χ1n) is 15.5. The average Bonchev–Trinajstić information content (AvgIpc) is 2.85. The minimum Gasteiger partial charge on any atom is -0.512 e. The maximum atomic E-state index is 11.0. The molecule has 37 heavy (non-hydrogen) atoms. The molecule has 5 rings (SSSR count). The molecule has 0 aliphatic heterocycles. The van der Waals surface area contributed by atoms with E-state index in [4.69, 9.17) is 4.74 Å². The van der Waals surface area contributed by atoms with E-state index in [9.17, 15) is 10.2 Å². The van der Waals surface area contributed by atoms with E-state index in [0.29, 0.717) is 28.9 Å². The lowest BCUT2D eigenvalue weighted by Crippen LogP contribution is -2.65. The summed E-state index contributed by atoms with van der Waals surface area (Å²) < 4.78 is 5.97. The van der Waals surface area contributed by atoms with Gasteiger partial charge in [0.05, 0.1) is 18.5 Å². The second-order valence-corrected chi connectivity index (χ2v) is 15.2. The number of aliphatic hydroxyl groups excluding tert-OH is 2. The molecular weight excluding hydrogens is 456 g/mol. The van der Waals surface area contributed by atoms with Gasteiger partial charge in [-0.1, -0.05) is 73.6 Å². The molecule has 0 saturated heterocycles. The minimum atomic E-state index is -0.169. The van der Waals surface area contributed by atoms with E-state index >= 15 is 0 Å². The summed E-state index contributed by atoms with van der Waals surface area (Å²) in [6.07, 6.45) is 14.2. The van der Waals surface area contributed by atoms with Crippen molar-refractivity contribution in [3.8, 4) is 0 Å². The van der Waals surface area contributed by atoms with Gasteiger partial charge in [-0.3, -0.25) is 0 Å². The van der Waals surface area contributed by atoms with Crippen LogP contribution in [0.2, 0.25) is 0 Å². The fourth-order valence-corrected chi connectivity index (χ4v) is 11.1. The lowest BCUT2D eigenvalue weighted by atomic mass is 9.33. The van der Waals surface area contributed by atoms with Gasteiger partial charge in [0.1, 0.15) is 0 Å². The van der Waals surface area contributed by atoms with Crippen molar-refractivity contribution in [1.82, 2.24) is 0 Å². The molecule has 4 saturated carbocycles. The number of rotatable bonds is 3. The van der Waals surface area contributed by atoms with Crippen molar-refractivity contribution >= 4 is 0 Å². The Bertz CT molecular complexity index is 920. The highest BCUT2D eigenvalue weighted by atomic mass is 16.5. The van der Waals surface area contributed by atoms with E-state index in [1.165, 1.54) is 25.7 Å². The van der Waals surface area contributed by atoms with Gasteiger partial charge in [-0.2, -0.15) is 0 Å². The summed E-state index contributed by atoms with van der Waals surface area (Å²) in [7, 11) is 1.83. The molecule has 0 aromatic carbocycles. The molecule has 3 nitrogen and oxygen atoms in total. The molecule has 3 heteroatoms. The van der Waals surface area contributed by atoms with E-state index in [-0.39, 0.29) is 39.8 Å². The lowest BCUT2D eigenvalue weighted by Gasteiger charge is -2.71. The Morgan fingerprint density at radius 1 is 0.946 bits per heavy atom. The third kappa shape index (κ3) is 3.79. The Morgan fingerprint density at radius 3 is 2.19 bits per heavy atom. The first kappa shape index (κ1) is 29.2. The predicted molar refractivity (Wildman–Crippen MR) is 154 cm³/mol. The highest BCUT2D eigenvalue weighted by Gasteiger charge is 2.69. The first-order chi connectivity index (χ1) is 17.2. The van der Waals surface area contributed by atoms with Crippen molar-refractivity contribution in [3.63, 3.8) is 0 Å². The van der Waals surface area contributed by atoms with E-state index in [2.05, 4.69) is 54.2 Å². The third-order valence-corrected chi connectivity index (χ3v) is 13.6. The molecule has 0 bridgehead atoms. The largest absolute Gasteiger partial charge is 0.512 e. The Labute approximate surface area is 228 Å². The van der Waals surface area contributed by atoms with Crippen LogP contribution in [0.15, 0.2) is 24.0 Å². The summed E-state index contributed by atoms with van der Waals surface area (Å²) in [5, 5.41) is 21.6. The summed E-state index contributed by atoms with van der Waals surface area (Å²) in [5.74, 6) is 1.97. The van der Waals surface area contributed by atoms with Gasteiger partial charge in [0.15, 0.2) is 0 Å². The minimum absolute atomic E-state index is 0.128. The molecule has 0 radical (unpaired) electrons. The zero-order chi connectivity index (χ0) is 27.7. The zero-order valence-corrected chi connectivity index (χ0v) is 25.7. The zero-order valence-electron chi connectivity index (χ0n) is 25.7. The van der Waals surface area contributed by atoms with Gasteiger partial charge >= 0.3 is 0 Å². The average molecular weight is 515 g/mol. The molecule has 5 aliphatic carbocycles. The molecule has 2 N–H and O–H groups in total. The van der Waals surface area contributed by atoms with Gasteiger partial charge < -0.3 is 14.9 Å². The molecule has 0 unspecified atom stereocenters. The smallest absolute Gasteiger partial charge is 0.0918 e. The van der Waals surface area contributed by atoms with Crippen LogP contribution in [0, 0.1) is 50.2 Å². The lowest BCUT2D eigenvalue weighted by molar-refractivity contribution is -0.219. The molecule has 9 atom stereocenters. The summed E-state index contributed by atoms with van der Waals surface area (Å²) in [5.41, 5.74) is 2.28. The second kappa shape index (κ2) is 9.39. The third-order valence-electron chi connectivity index (χ3n) is 13.6. The monoisotopic (exact) mass is 514 g/mol. The number of fused-ring (bicyclic) bond motifs is 7. The van der Waals surface area contributed by atoms with Crippen LogP contribution in [0.4, 0.5) is 0 Å². The van der Waals surface area contributed by atoms with Crippen LogP contribution in [0.25, 0.3) is 0 Å². The van der Waals surface area contributed by atoms with Gasteiger partial charge in [0.2, 0.25) is 0 Å². The molecular formula is C34H58O3. The Morgan fingerprint density at radius 2 is 1.59 bits per heavy atom. The van der Waals surface area contributed by atoms with Crippen molar-refractivity contribution in [2.45, 2.75) is 126 Å². The molecule has 0 aromatic rings. The number of allylic oxidation sites excluding steroid dienone is 3. The van der Waals surface area contributed by atoms with E-state index in [1.807, 2.05) is 21.0 Å². The molecule has 0 spiro atoms. The van der Waals surface area contributed by atoms with E-state index in [0.717, 1.165) is 38.5 Å². The molecule has 0 heterocycles. The number of ether oxygens (including phenoxy) is 1. The number of aliphatic hydroxyl groups is 2. The maximum Gasteiger partial charge on any atom is 0.0918 e. The fraction of sp³-hybridized carbons (Fsp3) is 0.882. The van der Waals surface area contributed by atoms with Gasteiger partial charge in [0.25, 0.3) is 0 Å². The van der Waals surface area contributed by atoms with Crippen molar-refractivity contribution in [2.24, 2.45) is 50.2 Å². The summed E-state index contributed by atoms with van der Waals surface area (Å²) >= 11 is 0. The summed E-state index contributed by atoms with van der Waals surface area (Å²) in [6, 6.07) is 0. The molecule has 4 fully saturated rings.